The summed E-state index contributed by atoms with van der Waals surface area (Å²) in [6, 6.07) is 12.8. The van der Waals surface area contributed by atoms with Crippen LogP contribution in [0.1, 0.15) is 18.1 Å². The topological polar surface area (TPSA) is 75.6 Å². The van der Waals surface area contributed by atoms with Crippen LogP contribution in [0.4, 0.5) is 9.18 Å². The first-order valence-corrected chi connectivity index (χ1v) is 7.80. The van der Waals surface area contributed by atoms with Gasteiger partial charge in [0.05, 0.1) is 0 Å². The first-order chi connectivity index (χ1) is 11.3. The molecule has 0 radical (unpaired) electrons. The van der Waals surface area contributed by atoms with E-state index < -0.39 is 23.4 Å². The molecule has 24 heavy (non-hydrogen) atoms. The maximum absolute atomic E-state index is 14.1. The molecule has 0 saturated carbocycles. The minimum Gasteiger partial charge on any atom is -0.479 e. The van der Waals surface area contributed by atoms with Gasteiger partial charge in [-0.1, -0.05) is 52.3 Å². The van der Waals surface area contributed by atoms with Gasteiger partial charge in [-0.3, -0.25) is 0 Å². The second kappa shape index (κ2) is 7.44. The highest BCUT2D eigenvalue weighted by atomic mass is 79.9. The summed E-state index contributed by atoms with van der Waals surface area (Å²) in [5.41, 5.74) is -1.38. The number of amides is 1. The number of nitrogens with one attached hydrogen (secondary N) is 1. The third-order valence-corrected chi connectivity index (χ3v) is 3.96. The van der Waals surface area contributed by atoms with Gasteiger partial charge in [-0.25, -0.2) is 14.0 Å². The molecule has 0 fully saturated rings. The summed E-state index contributed by atoms with van der Waals surface area (Å²) in [6.07, 6.45) is -0.953. The SMILES string of the molecule is CC(NC(=O)OCc1ccccc1)(C(=O)O)c1ccc(Br)cc1F. The van der Waals surface area contributed by atoms with E-state index in [1.54, 1.807) is 24.3 Å². The normalized spacial score (nSPS) is 13.0. The minimum absolute atomic E-state index is 0.0226. The Bertz CT molecular complexity index is 754. The lowest BCUT2D eigenvalue weighted by Crippen LogP contribution is -2.50. The molecule has 0 spiro atoms. The van der Waals surface area contributed by atoms with Gasteiger partial charge in [0.2, 0.25) is 0 Å². The summed E-state index contributed by atoms with van der Waals surface area (Å²) in [4.78, 5) is 23.6. The molecule has 2 N–H and O–H groups in total. The fraction of sp³-hybridized carbons (Fsp3) is 0.176. The fourth-order valence-electron chi connectivity index (χ4n) is 2.09. The van der Waals surface area contributed by atoms with E-state index in [0.717, 1.165) is 11.6 Å². The van der Waals surface area contributed by atoms with Crippen molar-refractivity contribution in [1.29, 1.82) is 0 Å². The van der Waals surface area contributed by atoms with Crippen molar-refractivity contribution in [2.24, 2.45) is 0 Å². The van der Waals surface area contributed by atoms with Crippen LogP contribution >= 0.6 is 15.9 Å². The van der Waals surface area contributed by atoms with Crippen LogP contribution < -0.4 is 5.32 Å². The molecule has 1 atom stereocenters. The Hall–Kier alpha value is -2.41. The van der Waals surface area contributed by atoms with Crippen molar-refractivity contribution in [3.05, 3.63) is 69.9 Å². The highest BCUT2D eigenvalue weighted by Crippen LogP contribution is 2.26. The number of carbonyl (C=O) groups is 2. The van der Waals surface area contributed by atoms with E-state index in [4.69, 9.17) is 4.74 Å². The summed E-state index contributed by atoms with van der Waals surface area (Å²) < 4.78 is 19.6. The minimum atomic E-state index is -1.96. The quantitative estimate of drug-likeness (QED) is 0.806. The van der Waals surface area contributed by atoms with Crippen molar-refractivity contribution in [3.8, 4) is 0 Å². The number of rotatable bonds is 5. The lowest BCUT2D eigenvalue weighted by Gasteiger charge is -2.26. The van der Waals surface area contributed by atoms with Gasteiger partial charge in [0.15, 0.2) is 5.54 Å². The summed E-state index contributed by atoms with van der Waals surface area (Å²) in [7, 11) is 0. The standard InChI is InChI=1S/C17H15BrFNO4/c1-17(15(21)22,13-8-7-12(18)9-14(13)19)20-16(23)24-10-11-5-3-2-4-6-11/h2-9H,10H2,1H3,(H,20,23)(H,21,22). The van der Waals surface area contributed by atoms with Crippen LogP contribution in [0.2, 0.25) is 0 Å². The molecular weight excluding hydrogens is 381 g/mol. The number of hydrogen-bond acceptors (Lipinski definition) is 3. The Labute approximate surface area is 146 Å². The zero-order valence-corrected chi connectivity index (χ0v) is 14.3. The molecule has 2 aromatic rings. The van der Waals surface area contributed by atoms with E-state index >= 15 is 0 Å². The Morgan fingerprint density at radius 2 is 1.92 bits per heavy atom. The number of hydrogen-bond donors (Lipinski definition) is 2. The lowest BCUT2D eigenvalue weighted by atomic mass is 9.92. The van der Waals surface area contributed by atoms with Crippen molar-refractivity contribution >= 4 is 28.0 Å². The molecule has 0 aromatic heterocycles. The Balaban J connectivity index is 2.15. The molecule has 0 heterocycles. The molecule has 2 aromatic carbocycles. The van der Waals surface area contributed by atoms with Gasteiger partial charge in [-0.05, 0) is 24.6 Å². The maximum Gasteiger partial charge on any atom is 0.408 e. The van der Waals surface area contributed by atoms with Crippen LogP contribution in [0.5, 0.6) is 0 Å². The van der Waals surface area contributed by atoms with Crippen LogP contribution in [0.15, 0.2) is 53.0 Å². The predicted molar refractivity (Wildman–Crippen MR) is 88.9 cm³/mol. The molecule has 5 nitrogen and oxygen atoms in total. The highest BCUT2D eigenvalue weighted by Gasteiger charge is 2.39. The molecule has 0 aliphatic heterocycles. The Kier molecular flexibility index (Phi) is 5.56. The van der Waals surface area contributed by atoms with Crippen LogP contribution in [0.25, 0.3) is 0 Å². The number of ether oxygens (including phenoxy) is 1. The van der Waals surface area contributed by atoms with Crippen LogP contribution in [0.3, 0.4) is 0 Å². The zero-order chi connectivity index (χ0) is 17.7. The van der Waals surface area contributed by atoms with Gasteiger partial charge >= 0.3 is 12.1 Å². The molecule has 0 bridgehead atoms. The molecular formula is C17H15BrFNO4. The summed E-state index contributed by atoms with van der Waals surface area (Å²) in [5, 5.41) is 11.7. The molecule has 1 amide bonds. The van der Waals surface area contributed by atoms with Gasteiger partial charge in [-0.2, -0.15) is 0 Å². The van der Waals surface area contributed by atoms with Gasteiger partial charge in [0.25, 0.3) is 0 Å². The first-order valence-electron chi connectivity index (χ1n) is 7.00. The van der Waals surface area contributed by atoms with Crippen molar-refractivity contribution in [2.75, 3.05) is 0 Å². The fourth-order valence-corrected chi connectivity index (χ4v) is 2.43. The highest BCUT2D eigenvalue weighted by molar-refractivity contribution is 9.10. The van der Waals surface area contributed by atoms with E-state index in [-0.39, 0.29) is 12.2 Å². The number of carboxylic acids is 1. The number of halogens is 2. The van der Waals surface area contributed by atoms with Crippen molar-refractivity contribution in [3.63, 3.8) is 0 Å². The van der Waals surface area contributed by atoms with Gasteiger partial charge < -0.3 is 15.2 Å². The van der Waals surface area contributed by atoms with Crippen molar-refractivity contribution < 1.29 is 23.8 Å². The Morgan fingerprint density at radius 1 is 1.25 bits per heavy atom. The zero-order valence-electron chi connectivity index (χ0n) is 12.8. The predicted octanol–water partition coefficient (Wildman–Crippen LogP) is 3.81. The van der Waals surface area contributed by atoms with E-state index in [9.17, 15) is 19.1 Å². The average molecular weight is 396 g/mol. The third-order valence-electron chi connectivity index (χ3n) is 3.46. The molecule has 0 aliphatic rings. The van der Waals surface area contributed by atoms with Crippen molar-refractivity contribution in [1.82, 2.24) is 5.32 Å². The molecule has 0 aliphatic carbocycles. The largest absolute Gasteiger partial charge is 0.479 e. The van der Waals surface area contributed by atoms with E-state index in [1.165, 1.54) is 19.1 Å². The van der Waals surface area contributed by atoms with E-state index in [0.29, 0.717) is 4.47 Å². The first kappa shape index (κ1) is 17.9. The summed E-state index contributed by atoms with van der Waals surface area (Å²) >= 11 is 3.10. The van der Waals surface area contributed by atoms with Crippen LogP contribution in [0, 0.1) is 5.82 Å². The van der Waals surface area contributed by atoms with Gasteiger partial charge in [0, 0.05) is 10.0 Å². The van der Waals surface area contributed by atoms with E-state index in [2.05, 4.69) is 21.2 Å². The summed E-state index contributed by atoms with van der Waals surface area (Å²) in [6.45, 7) is 1.18. The van der Waals surface area contributed by atoms with E-state index in [1.807, 2.05) is 6.07 Å². The molecule has 7 heteroatoms. The van der Waals surface area contributed by atoms with Crippen LogP contribution in [-0.4, -0.2) is 17.2 Å². The Morgan fingerprint density at radius 3 is 2.50 bits per heavy atom. The monoisotopic (exact) mass is 395 g/mol. The van der Waals surface area contributed by atoms with Gasteiger partial charge in [0.1, 0.15) is 12.4 Å². The third kappa shape index (κ3) is 4.11. The summed E-state index contributed by atoms with van der Waals surface area (Å²) in [5.74, 6) is -2.15. The van der Waals surface area contributed by atoms with Crippen LogP contribution in [-0.2, 0) is 21.7 Å². The van der Waals surface area contributed by atoms with Gasteiger partial charge in [-0.15, -0.1) is 0 Å². The molecule has 2 rings (SSSR count). The number of alkyl carbamates (subject to hydrolysis) is 1. The van der Waals surface area contributed by atoms with Crippen molar-refractivity contribution in [2.45, 2.75) is 19.1 Å². The molecule has 0 saturated heterocycles. The molecule has 1 unspecified atom stereocenters. The average Bonchev–Trinajstić information content (AvgIpc) is 2.53. The molecule has 126 valence electrons. The second-order valence-electron chi connectivity index (χ2n) is 5.24. The number of carboxylic acid groups (broad SMARTS) is 1. The maximum atomic E-state index is 14.1. The smallest absolute Gasteiger partial charge is 0.408 e. The number of carbonyl (C=O) groups excluding carboxylic acids is 1. The number of benzene rings is 2. The second-order valence-corrected chi connectivity index (χ2v) is 6.16. The lowest BCUT2D eigenvalue weighted by molar-refractivity contribution is -0.144. The number of aliphatic carboxylic acids is 1.